The Balaban J connectivity index is 2.52. The lowest BCUT2D eigenvalue weighted by atomic mass is 10.0. The van der Waals surface area contributed by atoms with Gasteiger partial charge >= 0.3 is 6.03 Å². The van der Waals surface area contributed by atoms with Crippen LogP contribution in [-0.4, -0.2) is 22.8 Å². The normalized spacial score (nSPS) is 20.1. The van der Waals surface area contributed by atoms with Crippen LogP contribution < -0.4 is 5.73 Å². The van der Waals surface area contributed by atoms with Crippen molar-refractivity contribution in [1.29, 1.82) is 0 Å². The Labute approximate surface area is 118 Å². The molecule has 4 nitrogen and oxygen atoms in total. The van der Waals surface area contributed by atoms with Gasteiger partial charge in [0.15, 0.2) is 0 Å². The fourth-order valence-electron chi connectivity index (χ4n) is 1.99. The molecule has 0 fully saturated rings. The number of amidine groups is 1. The highest BCUT2D eigenvalue weighted by Crippen LogP contribution is 2.32. The molecule has 2 unspecified atom stereocenters. The van der Waals surface area contributed by atoms with E-state index in [1.54, 1.807) is 19.1 Å². The van der Waals surface area contributed by atoms with Crippen molar-refractivity contribution in [2.75, 3.05) is 0 Å². The number of terminal acetylenes is 1. The minimum absolute atomic E-state index is 0.0455. The molecule has 2 atom stereocenters. The molecule has 0 radical (unpaired) electrons. The molecule has 1 aromatic rings. The summed E-state index contributed by atoms with van der Waals surface area (Å²) in [6.45, 7) is 1.66. The third kappa shape index (κ3) is 2.34. The summed E-state index contributed by atoms with van der Waals surface area (Å²) in [6.07, 6.45) is 5.33. The monoisotopic (exact) mass is 323 g/mol. The van der Waals surface area contributed by atoms with Gasteiger partial charge in [-0.15, -0.1) is 6.42 Å². The molecule has 1 aliphatic rings. The van der Waals surface area contributed by atoms with Crippen LogP contribution in [0.4, 0.5) is 9.18 Å². The van der Waals surface area contributed by atoms with Crippen LogP contribution in [0.25, 0.3) is 0 Å². The summed E-state index contributed by atoms with van der Waals surface area (Å²) in [5, 5.41) is 0. The van der Waals surface area contributed by atoms with E-state index in [-0.39, 0.29) is 11.4 Å². The lowest BCUT2D eigenvalue weighted by Crippen LogP contribution is -2.39. The highest BCUT2D eigenvalue weighted by atomic mass is 79.9. The molecule has 2 rings (SSSR count). The molecule has 6 heteroatoms. The third-order valence-corrected chi connectivity index (χ3v) is 3.41. The molecule has 2 N–H and O–H groups in total. The number of halogens is 2. The molecule has 0 aromatic heterocycles. The van der Waals surface area contributed by atoms with E-state index >= 15 is 0 Å². The van der Waals surface area contributed by atoms with Crippen molar-refractivity contribution < 1.29 is 9.18 Å². The smallest absolute Gasteiger partial charge is 0.347 e. The number of nitrogens with zero attached hydrogens (tertiary/aromatic N) is 2. The molecule has 98 valence electrons. The van der Waals surface area contributed by atoms with Crippen molar-refractivity contribution in [1.82, 2.24) is 4.90 Å². The van der Waals surface area contributed by atoms with Crippen LogP contribution in [0.1, 0.15) is 18.5 Å². The van der Waals surface area contributed by atoms with Gasteiger partial charge in [-0.05, 0) is 25.1 Å². The van der Waals surface area contributed by atoms with Gasteiger partial charge in [0.2, 0.25) is 0 Å². The van der Waals surface area contributed by atoms with Gasteiger partial charge in [-0.1, -0.05) is 21.9 Å². The maximum atomic E-state index is 13.9. The zero-order chi connectivity index (χ0) is 14.2. The average Bonchev–Trinajstić information content (AvgIpc) is 2.66. The van der Waals surface area contributed by atoms with E-state index in [0.717, 1.165) is 0 Å². The Kier molecular flexibility index (Phi) is 3.58. The second-order valence-electron chi connectivity index (χ2n) is 4.14. The lowest BCUT2D eigenvalue weighted by Gasteiger charge is -2.27. The highest BCUT2D eigenvalue weighted by molar-refractivity contribution is 9.10. The lowest BCUT2D eigenvalue weighted by molar-refractivity contribution is 0.198. The number of urea groups is 1. The predicted octanol–water partition coefficient (Wildman–Crippen LogP) is 2.44. The second-order valence-corrected chi connectivity index (χ2v) is 5.05. The number of amides is 2. The van der Waals surface area contributed by atoms with Gasteiger partial charge in [0.1, 0.15) is 17.7 Å². The number of nitrogens with two attached hydrogens (primary N) is 1. The van der Waals surface area contributed by atoms with E-state index in [9.17, 15) is 9.18 Å². The summed E-state index contributed by atoms with van der Waals surface area (Å²) < 4.78 is 14.6. The number of carbonyl (C=O) groups excluding carboxylic acids is 1. The van der Waals surface area contributed by atoms with E-state index in [1.165, 1.54) is 11.0 Å². The van der Waals surface area contributed by atoms with Crippen LogP contribution in [0.15, 0.2) is 27.7 Å². The van der Waals surface area contributed by atoms with Crippen LogP contribution in [0.5, 0.6) is 0 Å². The minimum Gasteiger partial charge on any atom is -0.385 e. The first-order chi connectivity index (χ1) is 8.95. The van der Waals surface area contributed by atoms with Gasteiger partial charge in [-0.25, -0.2) is 9.18 Å². The molecule has 0 saturated carbocycles. The zero-order valence-corrected chi connectivity index (χ0v) is 11.7. The number of carbonyl (C=O) groups is 1. The highest BCUT2D eigenvalue weighted by Gasteiger charge is 2.38. The number of hydrogen-bond acceptors (Lipinski definition) is 2. The topological polar surface area (TPSA) is 58.7 Å². The average molecular weight is 324 g/mol. The van der Waals surface area contributed by atoms with Crippen molar-refractivity contribution in [3.8, 4) is 12.3 Å². The van der Waals surface area contributed by atoms with E-state index in [2.05, 4.69) is 26.8 Å². The van der Waals surface area contributed by atoms with Crippen LogP contribution in [0, 0.1) is 18.2 Å². The van der Waals surface area contributed by atoms with Crippen molar-refractivity contribution in [2.24, 2.45) is 10.7 Å². The molecule has 1 aromatic carbocycles. The van der Waals surface area contributed by atoms with Crippen LogP contribution in [-0.2, 0) is 0 Å². The quantitative estimate of drug-likeness (QED) is 0.850. The minimum atomic E-state index is -0.768. The maximum absolute atomic E-state index is 13.9. The molecule has 1 aliphatic heterocycles. The fourth-order valence-corrected chi connectivity index (χ4v) is 2.36. The van der Waals surface area contributed by atoms with Gasteiger partial charge in [0.05, 0.1) is 6.04 Å². The first-order valence-electron chi connectivity index (χ1n) is 5.53. The van der Waals surface area contributed by atoms with Crippen molar-refractivity contribution in [3.63, 3.8) is 0 Å². The third-order valence-electron chi connectivity index (χ3n) is 2.92. The molecule has 2 amide bonds. The van der Waals surface area contributed by atoms with Gasteiger partial charge < -0.3 is 5.73 Å². The Morgan fingerprint density at radius 1 is 1.63 bits per heavy atom. The Morgan fingerprint density at radius 2 is 2.32 bits per heavy atom. The van der Waals surface area contributed by atoms with Crippen molar-refractivity contribution >= 4 is 27.8 Å². The fraction of sp³-hybridized carbons (Fsp3) is 0.231. The van der Waals surface area contributed by atoms with Crippen molar-refractivity contribution in [2.45, 2.75) is 19.0 Å². The Bertz CT molecular complexity index is 608. The largest absolute Gasteiger partial charge is 0.385 e. The maximum Gasteiger partial charge on any atom is 0.347 e. The predicted molar refractivity (Wildman–Crippen MR) is 74.0 cm³/mol. The Hall–Kier alpha value is -1.87. The molecule has 0 aliphatic carbocycles. The van der Waals surface area contributed by atoms with Gasteiger partial charge in [0, 0.05) is 10.0 Å². The molecule has 1 heterocycles. The molecular weight excluding hydrogens is 313 g/mol. The summed E-state index contributed by atoms with van der Waals surface area (Å²) in [5.41, 5.74) is 6.01. The van der Waals surface area contributed by atoms with Crippen molar-refractivity contribution in [3.05, 3.63) is 34.1 Å². The zero-order valence-electron chi connectivity index (χ0n) is 10.1. The van der Waals surface area contributed by atoms with E-state index in [4.69, 9.17) is 12.2 Å². The van der Waals surface area contributed by atoms with Crippen LogP contribution in [0.3, 0.4) is 0 Å². The Morgan fingerprint density at radius 3 is 2.95 bits per heavy atom. The molecular formula is C13H11BrFN3O. The first kappa shape index (κ1) is 13.6. The molecule has 0 bridgehead atoms. The SMILES string of the molecule is C#CC(C)N1C(=O)N=C(N)C1c1cc(Br)ccc1F. The van der Waals surface area contributed by atoms with Gasteiger partial charge in [-0.2, -0.15) is 4.99 Å². The second kappa shape index (κ2) is 5.02. The van der Waals surface area contributed by atoms with E-state index < -0.39 is 23.9 Å². The number of rotatable bonds is 2. The number of hydrogen-bond donors (Lipinski definition) is 1. The molecule has 19 heavy (non-hydrogen) atoms. The van der Waals surface area contributed by atoms with E-state index in [0.29, 0.717) is 4.47 Å². The molecule has 0 spiro atoms. The van der Waals surface area contributed by atoms with Crippen LogP contribution >= 0.6 is 15.9 Å². The summed E-state index contributed by atoms with van der Waals surface area (Å²) in [4.78, 5) is 16.8. The van der Waals surface area contributed by atoms with Gasteiger partial charge in [0.25, 0.3) is 0 Å². The van der Waals surface area contributed by atoms with Gasteiger partial charge in [-0.3, -0.25) is 4.90 Å². The van der Waals surface area contributed by atoms with Crippen LogP contribution in [0.2, 0.25) is 0 Å². The summed E-state index contributed by atoms with van der Waals surface area (Å²) in [7, 11) is 0. The number of benzene rings is 1. The summed E-state index contributed by atoms with van der Waals surface area (Å²) in [6, 6.07) is 2.59. The number of aliphatic imine (C=N–C) groups is 1. The summed E-state index contributed by atoms with van der Waals surface area (Å²) >= 11 is 3.26. The molecule has 0 saturated heterocycles. The van der Waals surface area contributed by atoms with E-state index in [1.807, 2.05) is 0 Å². The summed E-state index contributed by atoms with van der Waals surface area (Å²) in [5.74, 6) is 2.02. The standard InChI is InChI=1S/C13H11BrFN3O/c1-3-7(2)18-11(12(16)17-13(18)19)9-6-8(14)4-5-10(9)15/h1,4-7,11H,2H3,(H2,16,17,19). The first-order valence-corrected chi connectivity index (χ1v) is 6.32.